The van der Waals surface area contributed by atoms with Crippen molar-refractivity contribution in [1.82, 2.24) is 0 Å². The lowest BCUT2D eigenvalue weighted by atomic mass is 9.38. The summed E-state index contributed by atoms with van der Waals surface area (Å²) in [5.41, 5.74) is 3.98. The first-order valence-corrected chi connectivity index (χ1v) is 6.44. The van der Waals surface area contributed by atoms with E-state index in [0.29, 0.717) is 5.41 Å². The van der Waals surface area contributed by atoms with Gasteiger partial charge in [0.25, 0.3) is 0 Å². The summed E-state index contributed by atoms with van der Waals surface area (Å²) in [7, 11) is 0. The van der Waals surface area contributed by atoms with Crippen molar-refractivity contribution in [2.75, 3.05) is 0 Å². The fraction of sp³-hybridized carbons (Fsp3) is 0.733. The second kappa shape index (κ2) is 2.12. The summed E-state index contributed by atoms with van der Waals surface area (Å²) in [5.74, 6) is 3.27. The molecule has 0 aromatic carbocycles. The van der Waals surface area contributed by atoms with Crippen LogP contribution in [0.4, 0.5) is 0 Å². The van der Waals surface area contributed by atoms with Gasteiger partial charge >= 0.3 is 0 Å². The first-order valence-electron chi connectivity index (χ1n) is 6.44. The number of hydrogen-bond acceptors (Lipinski definition) is 0. The van der Waals surface area contributed by atoms with Gasteiger partial charge in [-0.3, -0.25) is 0 Å². The van der Waals surface area contributed by atoms with Crippen molar-refractivity contribution in [2.45, 2.75) is 39.0 Å². The summed E-state index contributed by atoms with van der Waals surface area (Å²) < 4.78 is 0. The van der Waals surface area contributed by atoms with Crippen LogP contribution in [0, 0.1) is 28.6 Å². The van der Waals surface area contributed by atoms with Crippen LogP contribution in [-0.4, -0.2) is 0 Å². The third-order valence-electron chi connectivity index (χ3n) is 6.49. The van der Waals surface area contributed by atoms with E-state index in [9.17, 15) is 0 Å². The average Bonchev–Trinajstić information content (AvgIpc) is 2.62. The Morgan fingerprint density at radius 2 is 1.67 bits per heavy atom. The van der Waals surface area contributed by atoms with Gasteiger partial charge in [0, 0.05) is 0 Å². The summed E-state index contributed by atoms with van der Waals surface area (Å²) >= 11 is 0. The number of fused-ring (bicyclic) bond motifs is 1. The first kappa shape index (κ1) is 8.61. The molecule has 4 fully saturated rings. The Labute approximate surface area is 92.4 Å². The van der Waals surface area contributed by atoms with Gasteiger partial charge in [0.15, 0.2) is 0 Å². The fourth-order valence-corrected chi connectivity index (χ4v) is 5.88. The van der Waals surface area contributed by atoms with Crippen LogP contribution in [0.5, 0.6) is 0 Å². The Morgan fingerprint density at radius 1 is 1.07 bits per heavy atom. The minimum atomic E-state index is 0.506. The highest BCUT2D eigenvalue weighted by Gasteiger charge is 2.77. The van der Waals surface area contributed by atoms with Crippen molar-refractivity contribution >= 4 is 0 Å². The maximum atomic E-state index is 4.35. The van der Waals surface area contributed by atoms with Crippen LogP contribution in [-0.2, 0) is 0 Å². The maximum absolute atomic E-state index is 4.35. The van der Waals surface area contributed by atoms with E-state index < -0.39 is 0 Å². The smallest absolute Gasteiger partial charge is 0.00392 e. The van der Waals surface area contributed by atoms with E-state index in [-0.39, 0.29) is 0 Å². The zero-order valence-corrected chi connectivity index (χ0v) is 9.68. The minimum Gasteiger partial charge on any atom is -0.0958 e. The summed E-state index contributed by atoms with van der Waals surface area (Å²) in [6, 6.07) is 0. The van der Waals surface area contributed by atoms with Gasteiger partial charge in [0.2, 0.25) is 0 Å². The predicted molar refractivity (Wildman–Crippen MR) is 62.4 cm³/mol. The van der Waals surface area contributed by atoms with Gasteiger partial charge in [-0.05, 0) is 73.2 Å². The minimum absolute atomic E-state index is 0.506. The second-order valence-electron chi connectivity index (χ2n) is 6.80. The van der Waals surface area contributed by atoms with E-state index in [1.54, 1.807) is 12.8 Å². The monoisotopic (exact) mass is 200 g/mol. The highest BCUT2D eigenvalue weighted by Crippen LogP contribution is 2.85. The molecule has 2 unspecified atom stereocenters. The van der Waals surface area contributed by atoms with E-state index in [4.69, 9.17) is 0 Å². The van der Waals surface area contributed by atoms with Crippen LogP contribution >= 0.6 is 0 Å². The lowest BCUT2D eigenvalue weighted by Gasteiger charge is -2.66. The Kier molecular flexibility index (Phi) is 1.22. The molecule has 0 amide bonds. The third kappa shape index (κ3) is 0.670. The fourth-order valence-electron chi connectivity index (χ4n) is 5.88. The molecule has 0 aromatic heterocycles. The zero-order valence-electron chi connectivity index (χ0n) is 9.68. The number of rotatable bonds is 2. The predicted octanol–water partition coefficient (Wildman–Crippen LogP) is 3.95. The molecule has 0 radical (unpaired) electrons. The standard InChI is InChI=1S/C15H20/c1-9(2)10(3)14-6-12-4-11-5-13(7-14)15(11,12)8-14/h11-13H,1,3-8H2,2H3. The van der Waals surface area contributed by atoms with Crippen LogP contribution in [0.1, 0.15) is 39.0 Å². The molecule has 0 nitrogen and oxygen atoms in total. The van der Waals surface area contributed by atoms with E-state index in [2.05, 4.69) is 20.1 Å². The van der Waals surface area contributed by atoms with Gasteiger partial charge < -0.3 is 0 Å². The number of hydrogen-bond donors (Lipinski definition) is 0. The quantitative estimate of drug-likeness (QED) is 0.592. The SMILES string of the molecule is C=C(C)C(=C)C12CC3CC4CC(C1)C43C2. The molecule has 2 bridgehead atoms. The van der Waals surface area contributed by atoms with Gasteiger partial charge in [-0.15, -0.1) is 0 Å². The molecule has 0 aromatic rings. The molecule has 4 aliphatic rings. The van der Waals surface area contributed by atoms with Gasteiger partial charge in [-0.25, -0.2) is 0 Å². The van der Waals surface area contributed by atoms with Crippen LogP contribution in [0.25, 0.3) is 0 Å². The van der Waals surface area contributed by atoms with E-state index in [1.165, 1.54) is 30.4 Å². The Bertz CT molecular complexity index is 371. The van der Waals surface area contributed by atoms with Gasteiger partial charge in [-0.1, -0.05) is 18.7 Å². The average molecular weight is 200 g/mol. The molecule has 2 atom stereocenters. The Morgan fingerprint density at radius 3 is 2.07 bits per heavy atom. The van der Waals surface area contributed by atoms with Gasteiger partial charge in [-0.2, -0.15) is 0 Å². The second-order valence-corrected chi connectivity index (χ2v) is 6.80. The van der Waals surface area contributed by atoms with Crippen LogP contribution in [0.2, 0.25) is 0 Å². The summed E-state index contributed by atoms with van der Waals surface area (Å²) in [6.07, 6.45) is 7.46. The van der Waals surface area contributed by atoms with Crippen molar-refractivity contribution in [2.24, 2.45) is 28.6 Å². The highest BCUT2D eigenvalue weighted by atomic mass is 14.8. The largest absolute Gasteiger partial charge is 0.0958 e. The first-order chi connectivity index (χ1) is 7.08. The van der Waals surface area contributed by atoms with Crippen LogP contribution in [0.3, 0.4) is 0 Å². The topological polar surface area (TPSA) is 0 Å². The van der Waals surface area contributed by atoms with Crippen molar-refractivity contribution in [3.05, 3.63) is 24.3 Å². The molecule has 15 heavy (non-hydrogen) atoms. The molecule has 4 rings (SSSR count). The molecule has 4 aliphatic carbocycles. The Balaban J connectivity index is 1.76. The maximum Gasteiger partial charge on any atom is -0.00392 e. The molecular formula is C15H20. The lowest BCUT2D eigenvalue weighted by Crippen LogP contribution is -2.59. The van der Waals surface area contributed by atoms with E-state index in [0.717, 1.165) is 23.2 Å². The molecule has 0 heteroatoms. The van der Waals surface area contributed by atoms with Crippen molar-refractivity contribution < 1.29 is 0 Å². The molecule has 80 valence electrons. The van der Waals surface area contributed by atoms with Crippen molar-refractivity contribution in [1.29, 1.82) is 0 Å². The molecule has 4 saturated carbocycles. The molecule has 0 saturated heterocycles. The number of allylic oxidation sites excluding steroid dienone is 2. The molecule has 0 N–H and O–H groups in total. The highest BCUT2D eigenvalue weighted by molar-refractivity contribution is 5.39. The lowest BCUT2D eigenvalue weighted by molar-refractivity contribution is -0.176. The zero-order chi connectivity index (χ0) is 10.4. The molecule has 0 aliphatic heterocycles. The summed E-state index contributed by atoms with van der Waals surface area (Å²) in [6.45, 7) is 10.6. The van der Waals surface area contributed by atoms with Crippen LogP contribution in [0.15, 0.2) is 24.3 Å². The Hall–Kier alpha value is -0.520. The van der Waals surface area contributed by atoms with Crippen molar-refractivity contribution in [3.63, 3.8) is 0 Å². The van der Waals surface area contributed by atoms with Gasteiger partial charge in [0.05, 0.1) is 0 Å². The summed E-state index contributed by atoms with van der Waals surface area (Å²) in [5, 5.41) is 0. The van der Waals surface area contributed by atoms with Crippen LogP contribution < -0.4 is 0 Å². The van der Waals surface area contributed by atoms with Crippen molar-refractivity contribution in [3.8, 4) is 0 Å². The van der Waals surface area contributed by atoms with E-state index in [1.807, 2.05) is 0 Å². The van der Waals surface area contributed by atoms with E-state index >= 15 is 0 Å². The third-order valence-corrected chi connectivity index (χ3v) is 6.49. The molecule has 1 spiro atoms. The summed E-state index contributed by atoms with van der Waals surface area (Å²) in [4.78, 5) is 0. The molecule has 0 heterocycles. The molecular weight excluding hydrogens is 180 g/mol. The van der Waals surface area contributed by atoms with Gasteiger partial charge in [0.1, 0.15) is 0 Å². The normalized spacial score (nSPS) is 58.1.